The molecule has 0 radical (unpaired) electrons. The van der Waals surface area contributed by atoms with Gasteiger partial charge in [-0.25, -0.2) is 18.4 Å². The second-order valence-electron chi connectivity index (χ2n) is 13.9. The smallest absolute Gasteiger partial charge is 0.411 e. The van der Waals surface area contributed by atoms with Crippen LogP contribution in [0, 0.1) is 11.6 Å². The number of rotatable bonds is 9. The zero-order chi connectivity index (χ0) is 37.6. The predicted octanol–water partition coefficient (Wildman–Crippen LogP) is 5.25. The highest BCUT2D eigenvalue weighted by Gasteiger charge is 2.39. The number of halogens is 3. The van der Waals surface area contributed by atoms with Crippen LogP contribution >= 0.6 is 11.6 Å². The highest BCUT2D eigenvalue weighted by atomic mass is 35.5. The SMILES string of the molecule is COC(=O)NCC(c1ccc(F)cc1F)N1CCN(C(=O)C(Cc2ccc(Cl)cc2)NC(=O)C2Cc3ccccc3CN2C(=O)OC(C)(C)C)CC1. The summed E-state index contributed by atoms with van der Waals surface area (Å²) < 4.78 is 39.1. The van der Waals surface area contributed by atoms with Gasteiger partial charge in [0.05, 0.1) is 19.7 Å². The van der Waals surface area contributed by atoms with Gasteiger partial charge in [0.2, 0.25) is 11.8 Å². The van der Waals surface area contributed by atoms with Crippen molar-refractivity contribution >= 4 is 35.6 Å². The minimum Gasteiger partial charge on any atom is -0.453 e. The van der Waals surface area contributed by atoms with Gasteiger partial charge in [-0.3, -0.25) is 19.4 Å². The summed E-state index contributed by atoms with van der Waals surface area (Å²) in [5.41, 5.74) is 1.99. The molecule has 3 unspecified atom stereocenters. The molecule has 2 aliphatic rings. The number of carbonyl (C=O) groups is 4. The van der Waals surface area contributed by atoms with Gasteiger partial charge in [0.25, 0.3) is 0 Å². The molecule has 2 N–H and O–H groups in total. The number of nitrogens with zero attached hydrogens (tertiary/aromatic N) is 3. The molecule has 3 aromatic carbocycles. The standard InChI is InChI=1S/C38H44ClF2N5O6/c1-38(2,3)52-37(50)46-23-26-8-6-5-7-25(26)20-32(46)34(47)43-31(19-24-9-11-27(39)12-10-24)35(48)45-17-15-44(16-18-45)33(22-42-36(49)51-4)29-14-13-28(40)21-30(29)41/h5-14,21,31-33H,15-20,22-23H2,1-4H3,(H,42,49)(H,43,47). The molecule has 278 valence electrons. The summed E-state index contributed by atoms with van der Waals surface area (Å²) in [4.78, 5) is 58.7. The van der Waals surface area contributed by atoms with Gasteiger partial charge in [-0.15, -0.1) is 0 Å². The Morgan fingerprint density at radius 1 is 0.942 bits per heavy atom. The predicted molar refractivity (Wildman–Crippen MR) is 190 cm³/mol. The highest BCUT2D eigenvalue weighted by Crippen LogP contribution is 2.28. The number of alkyl carbamates (subject to hydrolysis) is 1. The average molecular weight is 740 g/mol. The molecule has 1 saturated heterocycles. The first-order chi connectivity index (χ1) is 24.7. The van der Waals surface area contributed by atoms with Gasteiger partial charge in [0.15, 0.2) is 0 Å². The van der Waals surface area contributed by atoms with E-state index in [1.807, 2.05) is 29.2 Å². The van der Waals surface area contributed by atoms with Crippen molar-refractivity contribution in [3.05, 3.63) is 106 Å². The second kappa shape index (κ2) is 16.7. The van der Waals surface area contributed by atoms with Crippen molar-refractivity contribution in [1.82, 2.24) is 25.3 Å². The molecule has 0 aliphatic carbocycles. The quantitative estimate of drug-likeness (QED) is 0.308. The van der Waals surface area contributed by atoms with Gasteiger partial charge in [-0.1, -0.05) is 54.1 Å². The van der Waals surface area contributed by atoms with Crippen LogP contribution in [-0.4, -0.2) is 96.2 Å². The zero-order valence-corrected chi connectivity index (χ0v) is 30.4. The summed E-state index contributed by atoms with van der Waals surface area (Å²) in [5.74, 6) is -2.31. The number of amides is 4. The van der Waals surface area contributed by atoms with Crippen LogP contribution in [0.1, 0.15) is 49.1 Å². The van der Waals surface area contributed by atoms with E-state index in [1.165, 1.54) is 18.1 Å². The molecule has 52 heavy (non-hydrogen) atoms. The fraction of sp³-hybridized carbons (Fsp3) is 0.421. The molecule has 3 atom stereocenters. The summed E-state index contributed by atoms with van der Waals surface area (Å²) in [6.07, 6.45) is -0.936. The average Bonchev–Trinajstić information content (AvgIpc) is 3.11. The minimum atomic E-state index is -0.996. The number of hydrogen-bond donors (Lipinski definition) is 2. The number of fused-ring (bicyclic) bond motifs is 1. The van der Waals surface area contributed by atoms with E-state index in [2.05, 4.69) is 10.6 Å². The number of methoxy groups -OCH3 is 1. The Morgan fingerprint density at radius 2 is 1.62 bits per heavy atom. The molecule has 3 aromatic rings. The lowest BCUT2D eigenvalue weighted by Gasteiger charge is -2.41. The van der Waals surface area contributed by atoms with Gasteiger partial charge < -0.3 is 25.0 Å². The first kappa shape index (κ1) is 38.5. The molecule has 2 aliphatic heterocycles. The molecular formula is C38H44ClF2N5O6. The third-order valence-corrected chi connectivity index (χ3v) is 9.41. The Morgan fingerprint density at radius 3 is 2.25 bits per heavy atom. The maximum absolute atomic E-state index is 15.0. The molecule has 0 bridgehead atoms. The van der Waals surface area contributed by atoms with Crippen molar-refractivity contribution in [2.45, 2.75) is 63.9 Å². The van der Waals surface area contributed by atoms with E-state index in [0.29, 0.717) is 18.1 Å². The van der Waals surface area contributed by atoms with Gasteiger partial charge in [-0.2, -0.15) is 0 Å². The minimum absolute atomic E-state index is 0.0168. The topological polar surface area (TPSA) is 121 Å². The van der Waals surface area contributed by atoms with Crippen LogP contribution in [-0.2, 0) is 38.4 Å². The molecule has 14 heteroatoms. The third kappa shape index (κ3) is 9.77. The van der Waals surface area contributed by atoms with Crippen molar-refractivity contribution in [2.75, 3.05) is 39.8 Å². The lowest BCUT2D eigenvalue weighted by molar-refractivity contribution is -0.139. The maximum atomic E-state index is 15.0. The Balaban J connectivity index is 1.36. The second-order valence-corrected chi connectivity index (χ2v) is 14.3. The molecule has 4 amide bonds. The van der Waals surface area contributed by atoms with Crippen molar-refractivity contribution in [3.8, 4) is 0 Å². The van der Waals surface area contributed by atoms with Crippen LogP contribution in [0.2, 0.25) is 5.02 Å². The molecule has 0 spiro atoms. The molecule has 11 nitrogen and oxygen atoms in total. The molecule has 5 rings (SSSR count). The zero-order valence-electron chi connectivity index (χ0n) is 29.7. The number of ether oxygens (including phenoxy) is 2. The van der Waals surface area contributed by atoms with E-state index in [9.17, 15) is 28.0 Å². The van der Waals surface area contributed by atoms with Gasteiger partial charge in [0.1, 0.15) is 29.3 Å². The fourth-order valence-electron chi connectivity index (χ4n) is 6.53. The molecule has 2 heterocycles. The van der Waals surface area contributed by atoms with Crippen molar-refractivity contribution in [3.63, 3.8) is 0 Å². The van der Waals surface area contributed by atoms with E-state index in [4.69, 9.17) is 21.1 Å². The van der Waals surface area contributed by atoms with Gasteiger partial charge in [-0.05, 0) is 55.7 Å². The number of hydrogen-bond acceptors (Lipinski definition) is 7. The van der Waals surface area contributed by atoms with Crippen LogP contribution in [0.15, 0.2) is 66.7 Å². The Labute approximate surface area is 307 Å². The highest BCUT2D eigenvalue weighted by molar-refractivity contribution is 6.30. The van der Waals surface area contributed by atoms with E-state index >= 15 is 0 Å². The van der Waals surface area contributed by atoms with Crippen molar-refractivity contribution < 1.29 is 37.4 Å². The summed E-state index contributed by atoms with van der Waals surface area (Å²) in [7, 11) is 1.22. The molecule has 1 fully saturated rings. The fourth-order valence-corrected chi connectivity index (χ4v) is 6.65. The van der Waals surface area contributed by atoms with E-state index in [0.717, 1.165) is 28.8 Å². The number of carbonyl (C=O) groups excluding carboxylic acids is 4. The van der Waals surface area contributed by atoms with Gasteiger partial charge in [0, 0.05) is 62.2 Å². The first-order valence-corrected chi connectivity index (χ1v) is 17.5. The largest absolute Gasteiger partial charge is 0.453 e. The number of nitrogens with one attached hydrogen (secondary N) is 2. The Kier molecular flexibility index (Phi) is 12.4. The molecule has 0 aromatic heterocycles. The van der Waals surface area contributed by atoms with Gasteiger partial charge >= 0.3 is 12.2 Å². The van der Waals surface area contributed by atoms with Crippen molar-refractivity contribution in [1.29, 1.82) is 0 Å². The maximum Gasteiger partial charge on any atom is 0.411 e. The normalized spacial score (nSPS) is 17.4. The van der Waals surface area contributed by atoms with Crippen LogP contribution in [0.3, 0.4) is 0 Å². The van der Waals surface area contributed by atoms with Crippen LogP contribution in [0.25, 0.3) is 0 Å². The summed E-state index contributed by atoms with van der Waals surface area (Å²) in [6.45, 7) is 6.46. The van der Waals surface area contributed by atoms with Crippen LogP contribution < -0.4 is 10.6 Å². The van der Waals surface area contributed by atoms with E-state index < -0.39 is 53.5 Å². The third-order valence-electron chi connectivity index (χ3n) is 9.16. The van der Waals surface area contributed by atoms with E-state index in [1.54, 1.807) is 49.9 Å². The number of benzene rings is 3. The first-order valence-electron chi connectivity index (χ1n) is 17.1. The van der Waals surface area contributed by atoms with E-state index in [-0.39, 0.29) is 50.5 Å². The lowest BCUT2D eigenvalue weighted by atomic mass is 9.93. The number of piperazine rings is 1. The summed E-state index contributed by atoms with van der Waals surface area (Å²) in [6, 6.07) is 15.3. The monoisotopic (exact) mass is 739 g/mol. The van der Waals surface area contributed by atoms with Crippen LogP contribution in [0.5, 0.6) is 0 Å². The Hall–Kier alpha value is -4.75. The molecule has 0 saturated carbocycles. The summed E-state index contributed by atoms with van der Waals surface area (Å²) in [5, 5.41) is 6.09. The Bertz CT molecular complexity index is 1760. The lowest BCUT2D eigenvalue weighted by Crippen LogP contribution is -2.60. The summed E-state index contributed by atoms with van der Waals surface area (Å²) >= 11 is 6.13. The van der Waals surface area contributed by atoms with Crippen LogP contribution in [0.4, 0.5) is 18.4 Å². The molecular weight excluding hydrogens is 696 g/mol. The van der Waals surface area contributed by atoms with Crippen molar-refractivity contribution in [2.24, 2.45) is 0 Å².